The van der Waals surface area contributed by atoms with Gasteiger partial charge in [0.15, 0.2) is 0 Å². The van der Waals surface area contributed by atoms with E-state index in [-0.39, 0.29) is 0 Å². The number of nitrogens with zero attached hydrogens (tertiary/aromatic N) is 5. The van der Waals surface area contributed by atoms with Crippen molar-refractivity contribution in [2.75, 3.05) is 38.6 Å². The lowest BCUT2D eigenvalue weighted by atomic mass is 9.96. The monoisotopic (exact) mass is 363 g/mol. The fourth-order valence-electron chi connectivity index (χ4n) is 4.13. The fraction of sp³-hybridized carbons (Fsp3) is 0.455. The highest BCUT2D eigenvalue weighted by molar-refractivity contribution is 5.92. The van der Waals surface area contributed by atoms with Crippen LogP contribution in [0.5, 0.6) is 0 Å². The SMILES string of the molecule is Cc1cc(N2CCC[C@H](c3nccn3CCN(C)C)C2)c2ccccc2n1. The van der Waals surface area contributed by atoms with Crippen molar-refractivity contribution in [3.8, 4) is 0 Å². The Morgan fingerprint density at radius 3 is 2.93 bits per heavy atom. The Morgan fingerprint density at radius 2 is 2.07 bits per heavy atom. The number of aryl methyl sites for hydroxylation is 1. The van der Waals surface area contributed by atoms with E-state index in [1.54, 1.807) is 0 Å². The van der Waals surface area contributed by atoms with Gasteiger partial charge in [-0.2, -0.15) is 0 Å². The number of imidazole rings is 1. The molecule has 0 saturated carbocycles. The van der Waals surface area contributed by atoms with Gasteiger partial charge in [-0.1, -0.05) is 18.2 Å². The van der Waals surface area contributed by atoms with E-state index < -0.39 is 0 Å². The number of piperidine rings is 1. The minimum atomic E-state index is 0.475. The minimum Gasteiger partial charge on any atom is -0.370 e. The first kappa shape index (κ1) is 18.0. The number of hydrogen-bond donors (Lipinski definition) is 0. The number of fused-ring (bicyclic) bond motifs is 1. The van der Waals surface area contributed by atoms with Gasteiger partial charge >= 0.3 is 0 Å². The lowest BCUT2D eigenvalue weighted by Gasteiger charge is -2.35. The average Bonchev–Trinajstić information content (AvgIpc) is 3.14. The number of aromatic nitrogens is 3. The van der Waals surface area contributed by atoms with Crippen LogP contribution < -0.4 is 4.90 Å². The van der Waals surface area contributed by atoms with Crippen LogP contribution in [0.2, 0.25) is 0 Å². The summed E-state index contributed by atoms with van der Waals surface area (Å²) in [6, 6.07) is 10.7. The molecule has 1 fully saturated rings. The zero-order valence-corrected chi connectivity index (χ0v) is 16.6. The van der Waals surface area contributed by atoms with Gasteiger partial charge in [-0.3, -0.25) is 4.98 Å². The van der Waals surface area contributed by atoms with Crippen molar-refractivity contribution >= 4 is 16.6 Å². The highest BCUT2D eigenvalue weighted by atomic mass is 15.2. The van der Waals surface area contributed by atoms with Crippen molar-refractivity contribution in [2.24, 2.45) is 0 Å². The van der Waals surface area contributed by atoms with Gasteiger partial charge in [-0.05, 0) is 46.0 Å². The smallest absolute Gasteiger partial charge is 0.113 e. The van der Waals surface area contributed by atoms with Crippen molar-refractivity contribution in [1.82, 2.24) is 19.4 Å². The first-order valence-corrected chi connectivity index (χ1v) is 9.89. The summed E-state index contributed by atoms with van der Waals surface area (Å²) in [7, 11) is 4.24. The second-order valence-electron chi connectivity index (χ2n) is 7.87. The van der Waals surface area contributed by atoms with Crippen LogP contribution in [0, 0.1) is 6.92 Å². The quantitative estimate of drug-likeness (QED) is 0.693. The number of benzene rings is 1. The van der Waals surface area contributed by atoms with Gasteiger partial charge in [0, 0.05) is 61.3 Å². The van der Waals surface area contributed by atoms with E-state index in [9.17, 15) is 0 Å². The third-order valence-electron chi connectivity index (χ3n) is 5.49. The Labute approximate surface area is 161 Å². The highest BCUT2D eigenvalue weighted by Crippen LogP contribution is 2.33. The van der Waals surface area contributed by atoms with E-state index in [0.29, 0.717) is 5.92 Å². The van der Waals surface area contributed by atoms with E-state index in [4.69, 9.17) is 9.97 Å². The zero-order valence-electron chi connectivity index (χ0n) is 16.6. The zero-order chi connectivity index (χ0) is 18.8. The van der Waals surface area contributed by atoms with E-state index in [1.807, 2.05) is 6.20 Å². The second-order valence-corrected chi connectivity index (χ2v) is 7.87. The van der Waals surface area contributed by atoms with Crippen molar-refractivity contribution in [3.05, 3.63) is 54.2 Å². The number of anilines is 1. The van der Waals surface area contributed by atoms with Gasteiger partial charge in [0.05, 0.1) is 5.52 Å². The van der Waals surface area contributed by atoms with Gasteiger partial charge in [0.1, 0.15) is 5.82 Å². The molecule has 4 rings (SSSR count). The Hall–Kier alpha value is -2.40. The molecule has 1 aliphatic rings. The largest absolute Gasteiger partial charge is 0.370 e. The molecule has 27 heavy (non-hydrogen) atoms. The molecule has 5 nitrogen and oxygen atoms in total. The Kier molecular flexibility index (Phi) is 5.12. The molecule has 142 valence electrons. The standard InChI is InChI=1S/C22H29N5/c1-17-15-21(19-8-4-5-9-20(19)24-17)27-11-6-7-18(16-27)22-23-10-12-26(22)14-13-25(2)3/h4-5,8-10,12,15,18H,6-7,11,13-14,16H2,1-3H3/t18-/m0/s1. The Bertz CT molecular complexity index is 914. The molecule has 0 amide bonds. The van der Waals surface area contributed by atoms with Crippen molar-refractivity contribution in [1.29, 1.82) is 0 Å². The van der Waals surface area contributed by atoms with Crippen molar-refractivity contribution < 1.29 is 0 Å². The van der Waals surface area contributed by atoms with Crippen LogP contribution in [0.15, 0.2) is 42.7 Å². The molecule has 0 spiro atoms. The molecule has 1 aromatic carbocycles. The Morgan fingerprint density at radius 1 is 1.22 bits per heavy atom. The molecule has 1 aliphatic heterocycles. The normalized spacial score (nSPS) is 17.8. The molecular formula is C22H29N5. The summed E-state index contributed by atoms with van der Waals surface area (Å²) in [4.78, 5) is 14.2. The molecule has 1 saturated heterocycles. The van der Waals surface area contributed by atoms with E-state index in [2.05, 4.69) is 71.9 Å². The lowest BCUT2D eigenvalue weighted by Crippen LogP contribution is -2.36. The number of para-hydroxylation sites is 1. The second kappa shape index (κ2) is 7.69. The predicted molar refractivity (Wildman–Crippen MR) is 111 cm³/mol. The summed E-state index contributed by atoms with van der Waals surface area (Å²) < 4.78 is 2.34. The number of rotatable bonds is 5. The van der Waals surface area contributed by atoms with Gasteiger partial charge in [-0.15, -0.1) is 0 Å². The lowest BCUT2D eigenvalue weighted by molar-refractivity contribution is 0.373. The highest BCUT2D eigenvalue weighted by Gasteiger charge is 2.26. The van der Waals surface area contributed by atoms with Crippen LogP contribution in [0.4, 0.5) is 5.69 Å². The predicted octanol–water partition coefficient (Wildman–Crippen LogP) is 3.69. The summed E-state index contributed by atoms with van der Waals surface area (Å²) in [5.74, 6) is 1.71. The topological polar surface area (TPSA) is 37.2 Å². The first-order valence-electron chi connectivity index (χ1n) is 9.89. The molecule has 5 heteroatoms. The van der Waals surface area contributed by atoms with Crippen LogP contribution in [0.25, 0.3) is 10.9 Å². The summed E-state index contributed by atoms with van der Waals surface area (Å²) in [5.41, 5.74) is 3.48. The first-order chi connectivity index (χ1) is 13.1. The minimum absolute atomic E-state index is 0.475. The van der Waals surface area contributed by atoms with Crippen LogP contribution in [-0.2, 0) is 6.54 Å². The van der Waals surface area contributed by atoms with Gasteiger partial charge in [-0.25, -0.2) is 4.98 Å². The molecule has 2 aromatic heterocycles. The van der Waals surface area contributed by atoms with Gasteiger partial charge in [0.2, 0.25) is 0 Å². The summed E-state index contributed by atoms with van der Waals surface area (Å²) >= 11 is 0. The molecule has 0 N–H and O–H groups in total. The van der Waals surface area contributed by atoms with Crippen LogP contribution in [0.1, 0.15) is 30.3 Å². The van der Waals surface area contributed by atoms with E-state index in [1.165, 1.54) is 29.7 Å². The van der Waals surface area contributed by atoms with Crippen LogP contribution in [-0.4, -0.2) is 53.2 Å². The van der Waals surface area contributed by atoms with Crippen molar-refractivity contribution in [2.45, 2.75) is 32.2 Å². The summed E-state index contributed by atoms with van der Waals surface area (Å²) in [6.07, 6.45) is 6.48. The van der Waals surface area contributed by atoms with Crippen molar-refractivity contribution in [3.63, 3.8) is 0 Å². The molecule has 0 bridgehead atoms. The molecule has 3 aromatic rings. The molecule has 0 aliphatic carbocycles. The maximum Gasteiger partial charge on any atom is 0.113 e. The molecule has 1 atom stereocenters. The van der Waals surface area contributed by atoms with Gasteiger partial charge in [0.25, 0.3) is 0 Å². The summed E-state index contributed by atoms with van der Waals surface area (Å²) in [5, 5.41) is 1.25. The van der Waals surface area contributed by atoms with Crippen LogP contribution >= 0.6 is 0 Å². The molecule has 3 heterocycles. The molecule has 0 unspecified atom stereocenters. The molecular weight excluding hydrogens is 334 g/mol. The Balaban J connectivity index is 1.60. The number of hydrogen-bond acceptors (Lipinski definition) is 4. The fourth-order valence-corrected chi connectivity index (χ4v) is 4.13. The van der Waals surface area contributed by atoms with E-state index >= 15 is 0 Å². The number of pyridine rings is 1. The molecule has 0 radical (unpaired) electrons. The maximum absolute atomic E-state index is 4.73. The maximum atomic E-state index is 4.73. The summed E-state index contributed by atoms with van der Waals surface area (Å²) in [6.45, 7) is 6.24. The third-order valence-corrected chi connectivity index (χ3v) is 5.49. The third kappa shape index (κ3) is 3.83. The average molecular weight is 364 g/mol. The van der Waals surface area contributed by atoms with Crippen LogP contribution in [0.3, 0.4) is 0 Å². The van der Waals surface area contributed by atoms with E-state index in [0.717, 1.165) is 37.4 Å². The number of likely N-dealkylation sites (N-methyl/N-ethyl adjacent to an activating group) is 1. The van der Waals surface area contributed by atoms with Gasteiger partial charge < -0.3 is 14.4 Å².